The summed E-state index contributed by atoms with van der Waals surface area (Å²) in [6.07, 6.45) is 1.76. The summed E-state index contributed by atoms with van der Waals surface area (Å²) in [5.74, 6) is 0.535. The van der Waals surface area contributed by atoms with E-state index >= 15 is 0 Å². The van der Waals surface area contributed by atoms with Gasteiger partial charge in [0.2, 0.25) is 0 Å². The molecule has 0 aliphatic carbocycles. The van der Waals surface area contributed by atoms with E-state index < -0.39 is 0 Å². The van der Waals surface area contributed by atoms with E-state index in [9.17, 15) is 0 Å². The van der Waals surface area contributed by atoms with Crippen LogP contribution in [0.5, 0.6) is 5.75 Å². The quantitative estimate of drug-likeness (QED) is 0.840. The molecule has 2 rings (SSSR count). The summed E-state index contributed by atoms with van der Waals surface area (Å²) in [5, 5.41) is 0.527. The number of rotatable bonds is 3. The predicted octanol–water partition coefficient (Wildman–Crippen LogP) is 2.96. The highest BCUT2D eigenvalue weighted by molar-refractivity contribution is 7.09. The number of anilines is 1. The third kappa shape index (κ3) is 2.40. The minimum Gasteiger partial charge on any atom is -0.484 e. The first kappa shape index (κ1) is 10.3. The molecule has 15 heavy (non-hydrogen) atoms. The summed E-state index contributed by atoms with van der Waals surface area (Å²) in [7, 11) is 0. The number of ether oxygens (including phenoxy) is 1. The number of nitrogens with zero attached hydrogens (tertiary/aromatic N) is 1. The number of halogens is 1. The number of benzene rings is 1. The average molecular weight is 241 g/mol. The van der Waals surface area contributed by atoms with Crippen LogP contribution < -0.4 is 10.5 Å². The van der Waals surface area contributed by atoms with Crippen molar-refractivity contribution in [2.75, 3.05) is 5.73 Å². The maximum Gasteiger partial charge on any atom is 0.161 e. The van der Waals surface area contributed by atoms with Crippen molar-refractivity contribution in [3.63, 3.8) is 0 Å². The van der Waals surface area contributed by atoms with Crippen LogP contribution in [0.15, 0.2) is 29.9 Å². The average Bonchev–Trinajstić information content (AvgIpc) is 2.70. The maximum atomic E-state index is 5.95. The van der Waals surface area contributed by atoms with Gasteiger partial charge in [0.15, 0.2) is 5.75 Å². The van der Waals surface area contributed by atoms with Gasteiger partial charge < -0.3 is 10.5 Å². The van der Waals surface area contributed by atoms with Crippen molar-refractivity contribution in [1.82, 2.24) is 4.98 Å². The van der Waals surface area contributed by atoms with Crippen LogP contribution in [0, 0.1) is 0 Å². The van der Waals surface area contributed by atoms with E-state index in [0.29, 0.717) is 23.1 Å². The van der Waals surface area contributed by atoms with Crippen LogP contribution in [0.2, 0.25) is 5.02 Å². The molecule has 1 heterocycles. The largest absolute Gasteiger partial charge is 0.484 e. The molecule has 0 spiro atoms. The molecule has 0 saturated carbocycles. The normalized spacial score (nSPS) is 10.2. The van der Waals surface area contributed by atoms with Crippen molar-refractivity contribution in [3.8, 4) is 5.75 Å². The fourth-order valence-electron chi connectivity index (χ4n) is 1.13. The van der Waals surface area contributed by atoms with Crippen LogP contribution in [0.3, 0.4) is 0 Å². The molecule has 2 N–H and O–H groups in total. The van der Waals surface area contributed by atoms with Crippen LogP contribution in [-0.4, -0.2) is 4.98 Å². The van der Waals surface area contributed by atoms with Gasteiger partial charge in [-0.15, -0.1) is 11.3 Å². The molecule has 0 aliphatic rings. The third-order valence-corrected chi connectivity index (χ3v) is 2.89. The number of nitrogens with two attached hydrogens (primary N) is 1. The molecule has 0 unspecified atom stereocenters. The number of aromatic nitrogens is 1. The molecule has 1 aromatic heterocycles. The summed E-state index contributed by atoms with van der Waals surface area (Å²) < 4.78 is 5.53. The smallest absolute Gasteiger partial charge is 0.161 e. The highest BCUT2D eigenvalue weighted by Crippen LogP contribution is 2.31. The van der Waals surface area contributed by atoms with Gasteiger partial charge in [0.1, 0.15) is 6.61 Å². The Morgan fingerprint density at radius 1 is 1.47 bits per heavy atom. The number of hydrogen-bond acceptors (Lipinski definition) is 4. The summed E-state index contributed by atoms with van der Waals surface area (Å²) in [6.45, 7) is 0.443. The zero-order valence-corrected chi connectivity index (χ0v) is 9.39. The first-order valence-corrected chi connectivity index (χ1v) is 5.57. The van der Waals surface area contributed by atoms with Gasteiger partial charge in [0, 0.05) is 6.20 Å². The molecule has 0 fully saturated rings. The highest BCUT2D eigenvalue weighted by Gasteiger charge is 2.06. The Morgan fingerprint density at radius 3 is 3.00 bits per heavy atom. The topological polar surface area (TPSA) is 48.1 Å². The van der Waals surface area contributed by atoms with Crippen molar-refractivity contribution < 1.29 is 4.74 Å². The summed E-state index contributed by atoms with van der Waals surface area (Å²) in [4.78, 5) is 4.99. The lowest BCUT2D eigenvalue weighted by atomic mass is 10.3. The standard InChI is InChI=1S/C10H9ClN2OS/c11-8-2-1-3-9(12)10(8)14-5-7-4-13-6-15-7/h1-4,6H,5,12H2. The Labute approximate surface area is 96.5 Å². The molecule has 0 bridgehead atoms. The van der Waals surface area contributed by atoms with Crippen LogP contribution in [-0.2, 0) is 6.61 Å². The van der Waals surface area contributed by atoms with Crippen LogP contribution in [0.1, 0.15) is 4.88 Å². The summed E-state index contributed by atoms with van der Waals surface area (Å²) >= 11 is 7.49. The van der Waals surface area contributed by atoms with Gasteiger partial charge in [0.05, 0.1) is 21.1 Å². The Kier molecular flexibility index (Phi) is 3.08. The van der Waals surface area contributed by atoms with Crippen LogP contribution in [0.4, 0.5) is 5.69 Å². The van der Waals surface area contributed by atoms with Crippen LogP contribution in [0.25, 0.3) is 0 Å². The number of para-hydroxylation sites is 1. The number of nitrogen functional groups attached to an aromatic ring is 1. The molecule has 5 heteroatoms. The minimum absolute atomic E-state index is 0.443. The van der Waals surface area contributed by atoms with Gasteiger partial charge >= 0.3 is 0 Å². The fourth-order valence-corrected chi connectivity index (χ4v) is 1.88. The van der Waals surface area contributed by atoms with Gasteiger partial charge in [-0.2, -0.15) is 0 Å². The lowest BCUT2D eigenvalue weighted by Gasteiger charge is -2.08. The van der Waals surface area contributed by atoms with Crippen molar-refractivity contribution >= 4 is 28.6 Å². The lowest BCUT2D eigenvalue weighted by Crippen LogP contribution is -1.97. The minimum atomic E-state index is 0.443. The molecule has 0 amide bonds. The maximum absolute atomic E-state index is 5.95. The van der Waals surface area contributed by atoms with Crippen LogP contribution >= 0.6 is 22.9 Å². The first-order valence-electron chi connectivity index (χ1n) is 4.31. The molecule has 0 atom stereocenters. The lowest BCUT2D eigenvalue weighted by molar-refractivity contribution is 0.311. The zero-order valence-electron chi connectivity index (χ0n) is 7.81. The van der Waals surface area contributed by atoms with E-state index in [-0.39, 0.29) is 0 Å². The van der Waals surface area contributed by atoms with E-state index in [4.69, 9.17) is 22.1 Å². The number of thiazole rings is 1. The Balaban J connectivity index is 2.11. The van der Waals surface area contributed by atoms with E-state index in [1.54, 1.807) is 29.9 Å². The van der Waals surface area contributed by atoms with E-state index in [2.05, 4.69) is 4.98 Å². The molecular weight excluding hydrogens is 232 g/mol. The van der Waals surface area contributed by atoms with Crippen molar-refractivity contribution in [2.45, 2.75) is 6.61 Å². The van der Waals surface area contributed by atoms with Gasteiger partial charge in [-0.05, 0) is 12.1 Å². The molecule has 2 aromatic rings. The predicted molar refractivity (Wildman–Crippen MR) is 62.3 cm³/mol. The SMILES string of the molecule is Nc1cccc(Cl)c1OCc1cncs1. The number of hydrogen-bond donors (Lipinski definition) is 1. The second kappa shape index (κ2) is 4.51. The van der Waals surface area contributed by atoms with Gasteiger partial charge in [0.25, 0.3) is 0 Å². The summed E-state index contributed by atoms with van der Waals surface area (Å²) in [6, 6.07) is 5.30. The van der Waals surface area contributed by atoms with Gasteiger partial charge in [-0.1, -0.05) is 17.7 Å². The molecule has 3 nitrogen and oxygen atoms in total. The fraction of sp³-hybridized carbons (Fsp3) is 0.100. The monoisotopic (exact) mass is 240 g/mol. The molecule has 0 aliphatic heterocycles. The Bertz CT molecular complexity index is 424. The van der Waals surface area contributed by atoms with Crippen molar-refractivity contribution in [1.29, 1.82) is 0 Å². The van der Waals surface area contributed by atoms with Crippen molar-refractivity contribution in [3.05, 3.63) is 39.8 Å². The molecule has 78 valence electrons. The van der Waals surface area contributed by atoms with E-state index in [0.717, 1.165) is 4.88 Å². The first-order chi connectivity index (χ1) is 7.27. The second-order valence-electron chi connectivity index (χ2n) is 2.91. The van der Waals surface area contributed by atoms with E-state index in [1.807, 2.05) is 0 Å². The molecule has 0 radical (unpaired) electrons. The molecule has 1 aromatic carbocycles. The van der Waals surface area contributed by atoms with Gasteiger partial charge in [-0.25, -0.2) is 0 Å². The molecular formula is C10H9ClN2OS. The van der Waals surface area contributed by atoms with Gasteiger partial charge in [-0.3, -0.25) is 4.98 Å². The van der Waals surface area contributed by atoms with Crippen molar-refractivity contribution in [2.24, 2.45) is 0 Å². The third-order valence-electron chi connectivity index (χ3n) is 1.84. The second-order valence-corrected chi connectivity index (χ2v) is 4.29. The zero-order chi connectivity index (χ0) is 10.7. The Morgan fingerprint density at radius 2 is 2.33 bits per heavy atom. The summed E-state index contributed by atoms with van der Waals surface area (Å²) in [5.41, 5.74) is 8.05. The van der Waals surface area contributed by atoms with E-state index in [1.165, 1.54) is 11.3 Å². The Hall–Kier alpha value is -1.26. The molecule has 0 saturated heterocycles. The highest BCUT2D eigenvalue weighted by atomic mass is 35.5.